The fourth-order valence-electron chi connectivity index (χ4n) is 3.34. The molecule has 1 aromatic heterocycles. The molecule has 0 bridgehead atoms. The van der Waals surface area contributed by atoms with Crippen LogP contribution in [-0.4, -0.2) is 42.1 Å². The number of ether oxygens (including phenoxy) is 1. The topological polar surface area (TPSA) is 80.0 Å². The van der Waals surface area contributed by atoms with Gasteiger partial charge in [-0.3, -0.25) is 4.79 Å². The maximum atomic E-state index is 12.7. The van der Waals surface area contributed by atoms with Crippen molar-refractivity contribution in [1.29, 1.82) is 0 Å². The smallest absolute Gasteiger partial charge is 0.339 e. The van der Waals surface area contributed by atoms with Gasteiger partial charge in [-0.2, -0.15) is 0 Å². The van der Waals surface area contributed by atoms with Crippen molar-refractivity contribution < 1.29 is 23.8 Å². The van der Waals surface area contributed by atoms with Crippen LogP contribution in [0.15, 0.2) is 34.7 Å². The molecule has 1 fully saturated rings. The van der Waals surface area contributed by atoms with Crippen LogP contribution in [0.4, 0.5) is 0 Å². The normalized spacial score (nSPS) is 16.9. The Hall–Kier alpha value is -2.76. The van der Waals surface area contributed by atoms with E-state index in [9.17, 15) is 14.7 Å². The first-order valence-corrected chi connectivity index (χ1v) is 8.33. The number of aromatic carboxylic acids is 1. The van der Waals surface area contributed by atoms with E-state index in [2.05, 4.69) is 0 Å². The van der Waals surface area contributed by atoms with Gasteiger partial charge in [0.2, 0.25) is 0 Å². The average Bonchev–Trinajstić information content (AvgIpc) is 3.28. The van der Waals surface area contributed by atoms with Crippen molar-refractivity contribution in [1.82, 2.24) is 4.90 Å². The van der Waals surface area contributed by atoms with Gasteiger partial charge in [0.1, 0.15) is 17.1 Å². The molecule has 0 spiro atoms. The lowest BCUT2D eigenvalue weighted by Crippen LogP contribution is -2.28. The van der Waals surface area contributed by atoms with Gasteiger partial charge in [-0.1, -0.05) is 25.1 Å². The second-order valence-corrected chi connectivity index (χ2v) is 6.08. The Balaban J connectivity index is 1.78. The van der Waals surface area contributed by atoms with E-state index >= 15 is 0 Å². The fourth-order valence-corrected chi connectivity index (χ4v) is 3.34. The number of amides is 1. The van der Waals surface area contributed by atoms with Crippen LogP contribution in [0, 0.1) is 0 Å². The van der Waals surface area contributed by atoms with Crippen molar-refractivity contribution >= 4 is 11.9 Å². The quantitative estimate of drug-likeness (QED) is 0.902. The molecular formula is C19H21NO5. The highest BCUT2D eigenvalue weighted by Gasteiger charge is 2.32. The summed E-state index contributed by atoms with van der Waals surface area (Å²) >= 11 is 0. The Labute approximate surface area is 146 Å². The second-order valence-electron chi connectivity index (χ2n) is 6.08. The SMILES string of the molecule is CCc1oc(C(=O)N2CCC(c3ccccc3OC)C2)cc1C(=O)O. The minimum Gasteiger partial charge on any atom is -0.496 e. The third kappa shape index (κ3) is 3.24. The second kappa shape index (κ2) is 7.01. The highest BCUT2D eigenvalue weighted by molar-refractivity contribution is 5.96. The van der Waals surface area contributed by atoms with Crippen LogP contribution in [0.1, 0.15) is 51.5 Å². The van der Waals surface area contributed by atoms with Gasteiger partial charge in [-0.05, 0) is 18.1 Å². The van der Waals surface area contributed by atoms with E-state index in [0.717, 1.165) is 17.7 Å². The van der Waals surface area contributed by atoms with E-state index in [1.807, 2.05) is 24.3 Å². The molecule has 1 saturated heterocycles. The predicted octanol–water partition coefficient (Wildman–Crippen LogP) is 3.18. The molecule has 6 heteroatoms. The number of aryl methyl sites for hydroxylation is 1. The Morgan fingerprint density at radius 1 is 1.36 bits per heavy atom. The average molecular weight is 343 g/mol. The van der Waals surface area contributed by atoms with E-state index in [1.165, 1.54) is 6.07 Å². The van der Waals surface area contributed by atoms with Gasteiger partial charge in [-0.25, -0.2) is 4.79 Å². The zero-order chi connectivity index (χ0) is 18.0. The molecule has 1 aliphatic rings. The van der Waals surface area contributed by atoms with Crippen LogP contribution in [-0.2, 0) is 6.42 Å². The molecule has 0 saturated carbocycles. The molecule has 1 unspecified atom stereocenters. The summed E-state index contributed by atoms with van der Waals surface area (Å²) in [6.07, 6.45) is 1.26. The van der Waals surface area contributed by atoms with Crippen molar-refractivity contribution in [3.05, 3.63) is 53.0 Å². The van der Waals surface area contributed by atoms with Crippen molar-refractivity contribution in [3.63, 3.8) is 0 Å². The number of carbonyl (C=O) groups excluding carboxylic acids is 1. The summed E-state index contributed by atoms with van der Waals surface area (Å²) < 4.78 is 10.9. The van der Waals surface area contributed by atoms with Gasteiger partial charge in [0.05, 0.1) is 7.11 Å². The fraction of sp³-hybridized carbons (Fsp3) is 0.368. The van der Waals surface area contributed by atoms with Crippen LogP contribution >= 0.6 is 0 Å². The van der Waals surface area contributed by atoms with E-state index < -0.39 is 5.97 Å². The molecule has 1 atom stereocenters. The maximum Gasteiger partial charge on any atom is 0.339 e. The highest BCUT2D eigenvalue weighted by atomic mass is 16.5. The Morgan fingerprint density at radius 2 is 2.12 bits per heavy atom. The summed E-state index contributed by atoms with van der Waals surface area (Å²) in [4.78, 5) is 25.6. The number of carbonyl (C=O) groups is 2. The molecule has 3 rings (SSSR count). The number of benzene rings is 1. The van der Waals surface area contributed by atoms with Crippen LogP contribution in [0.5, 0.6) is 5.75 Å². The first kappa shape index (κ1) is 17.1. The number of carboxylic acids is 1. The van der Waals surface area contributed by atoms with Gasteiger partial charge in [0.25, 0.3) is 5.91 Å². The molecule has 0 aliphatic carbocycles. The highest BCUT2D eigenvalue weighted by Crippen LogP contribution is 2.34. The van der Waals surface area contributed by atoms with Crippen LogP contribution in [0.25, 0.3) is 0 Å². The van der Waals surface area contributed by atoms with Gasteiger partial charge >= 0.3 is 5.97 Å². The summed E-state index contributed by atoms with van der Waals surface area (Å²) in [5.74, 6) is 0.0969. The molecule has 25 heavy (non-hydrogen) atoms. The third-order valence-corrected chi connectivity index (χ3v) is 4.63. The molecule has 2 heterocycles. The Bertz CT molecular complexity index is 795. The number of hydrogen-bond donors (Lipinski definition) is 1. The first-order valence-electron chi connectivity index (χ1n) is 8.33. The summed E-state index contributed by atoms with van der Waals surface area (Å²) in [6.45, 7) is 2.96. The van der Waals surface area contributed by atoms with E-state index in [1.54, 1.807) is 18.9 Å². The minimum absolute atomic E-state index is 0.0614. The number of para-hydroxylation sites is 1. The summed E-state index contributed by atoms with van der Waals surface area (Å²) in [5, 5.41) is 9.21. The largest absolute Gasteiger partial charge is 0.496 e. The van der Waals surface area contributed by atoms with E-state index in [0.29, 0.717) is 25.3 Å². The summed E-state index contributed by atoms with van der Waals surface area (Å²) in [6, 6.07) is 9.14. The van der Waals surface area contributed by atoms with Crippen LogP contribution in [0.3, 0.4) is 0 Å². The first-order chi connectivity index (χ1) is 12.0. The third-order valence-electron chi connectivity index (χ3n) is 4.63. The number of furan rings is 1. The molecule has 0 radical (unpaired) electrons. The predicted molar refractivity (Wildman–Crippen MR) is 91.3 cm³/mol. The number of hydrogen-bond acceptors (Lipinski definition) is 4. The molecule has 1 aliphatic heterocycles. The monoisotopic (exact) mass is 343 g/mol. The number of methoxy groups -OCH3 is 1. The molecule has 2 aromatic rings. The van der Waals surface area contributed by atoms with Gasteiger partial charge in [0.15, 0.2) is 5.76 Å². The molecule has 1 N–H and O–H groups in total. The van der Waals surface area contributed by atoms with Gasteiger partial charge < -0.3 is 19.2 Å². The lowest BCUT2D eigenvalue weighted by atomic mass is 9.97. The lowest BCUT2D eigenvalue weighted by Gasteiger charge is -2.17. The number of likely N-dealkylation sites (tertiary alicyclic amines) is 1. The van der Waals surface area contributed by atoms with Crippen molar-refractivity contribution in [2.75, 3.05) is 20.2 Å². The van der Waals surface area contributed by atoms with Gasteiger partial charge in [-0.15, -0.1) is 0 Å². The molecule has 132 valence electrons. The van der Waals surface area contributed by atoms with Crippen LogP contribution < -0.4 is 4.74 Å². The summed E-state index contributed by atoms with van der Waals surface area (Å²) in [5.41, 5.74) is 1.14. The van der Waals surface area contributed by atoms with Crippen molar-refractivity contribution in [2.45, 2.75) is 25.7 Å². The van der Waals surface area contributed by atoms with Crippen LogP contribution in [0.2, 0.25) is 0 Å². The zero-order valence-corrected chi connectivity index (χ0v) is 14.3. The van der Waals surface area contributed by atoms with E-state index in [4.69, 9.17) is 9.15 Å². The maximum absolute atomic E-state index is 12.7. The van der Waals surface area contributed by atoms with Crippen molar-refractivity contribution in [2.24, 2.45) is 0 Å². The molecule has 6 nitrogen and oxygen atoms in total. The minimum atomic E-state index is -1.08. The number of rotatable bonds is 5. The lowest BCUT2D eigenvalue weighted by molar-refractivity contribution is 0.0693. The number of nitrogens with zero attached hydrogens (tertiary/aromatic N) is 1. The number of carboxylic acid groups (broad SMARTS) is 1. The Morgan fingerprint density at radius 3 is 2.76 bits per heavy atom. The van der Waals surface area contributed by atoms with E-state index in [-0.39, 0.29) is 23.1 Å². The Kier molecular flexibility index (Phi) is 4.79. The molecule has 1 aromatic carbocycles. The summed E-state index contributed by atoms with van der Waals surface area (Å²) in [7, 11) is 1.64. The molecule has 1 amide bonds. The van der Waals surface area contributed by atoms with Gasteiger partial charge in [0, 0.05) is 31.5 Å². The molecular weight excluding hydrogens is 322 g/mol. The zero-order valence-electron chi connectivity index (χ0n) is 14.3. The van der Waals surface area contributed by atoms with Crippen molar-refractivity contribution in [3.8, 4) is 5.75 Å². The standard InChI is InChI=1S/C19H21NO5/c1-3-15-14(19(22)23)10-17(25-15)18(21)20-9-8-12(11-20)13-6-4-5-7-16(13)24-2/h4-7,10,12H,3,8-9,11H2,1-2H3,(H,22,23).